The van der Waals surface area contributed by atoms with Gasteiger partial charge in [-0.15, -0.1) is 0 Å². The molecule has 0 aromatic carbocycles. The smallest absolute Gasteiger partial charge is 0.132 e. The normalized spacial score (nSPS) is 10.1. The third-order valence-corrected chi connectivity index (χ3v) is 1.36. The zero-order chi connectivity index (χ0) is 8.27. The van der Waals surface area contributed by atoms with Gasteiger partial charge in [-0.05, 0) is 13.1 Å². The van der Waals surface area contributed by atoms with E-state index in [1.165, 1.54) is 12.1 Å². The van der Waals surface area contributed by atoms with Gasteiger partial charge in [-0.1, -0.05) is 11.6 Å². The van der Waals surface area contributed by atoms with Crippen LogP contribution in [0, 0.1) is 5.82 Å². The highest BCUT2D eigenvalue weighted by Crippen LogP contribution is 2.08. The second-order valence-corrected chi connectivity index (χ2v) is 2.52. The van der Waals surface area contributed by atoms with E-state index in [1.807, 2.05) is 0 Å². The molecule has 0 aliphatic rings. The lowest BCUT2D eigenvalue weighted by Gasteiger charge is -1.99. The molecule has 0 aliphatic heterocycles. The summed E-state index contributed by atoms with van der Waals surface area (Å²) in [6.45, 7) is 0.525. The van der Waals surface area contributed by atoms with Crippen LogP contribution in [-0.4, -0.2) is 12.0 Å². The number of nitrogens with one attached hydrogen (secondary N) is 1. The Morgan fingerprint density at radius 1 is 1.64 bits per heavy atom. The van der Waals surface area contributed by atoms with Gasteiger partial charge in [0.15, 0.2) is 0 Å². The molecule has 0 bridgehead atoms. The molecule has 0 atom stereocenters. The van der Waals surface area contributed by atoms with Crippen molar-refractivity contribution in [1.29, 1.82) is 0 Å². The second-order valence-electron chi connectivity index (χ2n) is 2.13. The molecule has 1 rings (SSSR count). The molecule has 0 radical (unpaired) electrons. The van der Waals surface area contributed by atoms with E-state index in [2.05, 4.69) is 10.3 Å². The summed E-state index contributed by atoms with van der Waals surface area (Å²) in [6, 6.07) is 2.53. The van der Waals surface area contributed by atoms with E-state index in [0.717, 1.165) is 0 Å². The second kappa shape index (κ2) is 3.64. The van der Waals surface area contributed by atoms with Crippen molar-refractivity contribution in [1.82, 2.24) is 10.3 Å². The Labute approximate surface area is 69.4 Å². The molecule has 1 aromatic rings. The number of halogens is 2. The SMILES string of the molecule is CNCc1cc(F)cc(Cl)n1. The summed E-state index contributed by atoms with van der Waals surface area (Å²) in [4.78, 5) is 3.89. The number of nitrogens with zero attached hydrogens (tertiary/aromatic N) is 1. The maximum atomic E-state index is 12.6. The Morgan fingerprint density at radius 2 is 2.36 bits per heavy atom. The lowest BCUT2D eigenvalue weighted by molar-refractivity contribution is 0.619. The highest BCUT2D eigenvalue weighted by atomic mass is 35.5. The Kier molecular flexibility index (Phi) is 2.79. The molecule has 0 fully saturated rings. The van der Waals surface area contributed by atoms with Gasteiger partial charge in [0.1, 0.15) is 11.0 Å². The van der Waals surface area contributed by atoms with Gasteiger partial charge in [-0.2, -0.15) is 0 Å². The van der Waals surface area contributed by atoms with Crippen molar-refractivity contribution in [2.75, 3.05) is 7.05 Å². The van der Waals surface area contributed by atoms with Crippen molar-refractivity contribution in [2.24, 2.45) is 0 Å². The first-order chi connectivity index (χ1) is 5.22. The average molecular weight is 175 g/mol. The van der Waals surface area contributed by atoms with Gasteiger partial charge in [-0.25, -0.2) is 9.37 Å². The van der Waals surface area contributed by atoms with E-state index >= 15 is 0 Å². The van der Waals surface area contributed by atoms with Gasteiger partial charge < -0.3 is 5.32 Å². The number of hydrogen-bond acceptors (Lipinski definition) is 2. The molecule has 1 heterocycles. The molecular formula is C7H8ClFN2. The van der Waals surface area contributed by atoms with Gasteiger partial charge in [-0.3, -0.25) is 0 Å². The maximum Gasteiger partial charge on any atom is 0.132 e. The Morgan fingerprint density at radius 3 is 2.91 bits per heavy atom. The zero-order valence-corrected chi connectivity index (χ0v) is 6.82. The monoisotopic (exact) mass is 174 g/mol. The van der Waals surface area contributed by atoms with E-state index in [9.17, 15) is 4.39 Å². The molecule has 1 N–H and O–H groups in total. The molecular weight excluding hydrogens is 167 g/mol. The van der Waals surface area contributed by atoms with Crippen molar-refractivity contribution in [3.8, 4) is 0 Å². The molecule has 1 aromatic heterocycles. The molecule has 11 heavy (non-hydrogen) atoms. The molecule has 0 saturated carbocycles. The fraction of sp³-hybridized carbons (Fsp3) is 0.286. The topological polar surface area (TPSA) is 24.9 Å². The third kappa shape index (κ3) is 2.44. The lowest BCUT2D eigenvalue weighted by Crippen LogP contribution is -2.07. The van der Waals surface area contributed by atoms with E-state index in [-0.39, 0.29) is 11.0 Å². The first-order valence-corrected chi connectivity index (χ1v) is 3.56. The summed E-state index contributed by atoms with van der Waals surface area (Å²) in [7, 11) is 1.76. The van der Waals surface area contributed by atoms with E-state index in [0.29, 0.717) is 12.2 Å². The van der Waals surface area contributed by atoms with Gasteiger partial charge in [0.25, 0.3) is 0 Å². The highest BCUT2D eigenvalue weighted by Gasteiger charge is 1.98. The minimum Gasteiger partial charge on any atom is -0.314 e. The van der Waals surface area contributed by atoms with Gasteiger partial charge >= 0.3 is 0 Å². The first kappa shape index (κ1) is 8.43. The molecule has 0 amide bonds. The van der Waals surface area contributed by atoms with Crippen molar-refractivity contribution >= 4 is 11.6 Å². The van der Waals surface area contributed by atoms with Crippen LogP contribution in [0.5, 0.6) is 0 Å². The average Bonchev–Trinajstić information content (AvgIpc) is 1.85. The molecule has 0 spiro atoms. The molecule has 0 aliphatic carbocycles. The predicted octanol–water partition coefficient (Wildman–Crippen LogP) is 1.59. The molecule has 4 heteroatoms. The van der Waals surface area contributed by atoms with Crippen LogP contribution in [0.2, 0.25) is 5.15 Å². The van der Waals surface area contributed by atoms with Crippen molar-refractivity contribution in [3.63, 3.8) is 0 Å². The summed E-state index contributed by atoms with van der Waals surface area (Å²) >= 11 is 5.51. The van der Waals surface area contributed by atoms with Crippen LogP contribution in [0.15, 0.2) is 12.1 Å². The lowest BCUT2D eigenvalue weighted by atomic mass is 10.3. The fourth-order valence-corrected chi connectivity index (χ4v) is 1.00. The molecule has 2 nitrogen and oxygen atoms in total. The molecule has 0 saturated heterocycles. The van der Waals surface area contributed by atoms with Gasteiger partial charge in [0.05, 0.1) is 5.69 Å². The zero-order valence-electron chi connectivity index (χ0n) is 6.06. The van der Waals surface area contributed by atoms with Crippen molar-refractivity contribution < 1.29 is 4.39 Å². The minimum absolute atomic E-state index is 0.190. The number of aromatic nitrogens is 1. The van der Waals surface area contributed by atoms with Gasteiger partial charge in [0.2, 0.25) is 0 Å². The van der Waals surface area contributed by atoms with Crippen LogP contribution in [-0.2, 0) is 6.54 Å². The minimum atomic E-state index is -0.352. The number of rotatable bonds is 2. The standard InChI is InChI=1S/C7H8ClFN2/c1-10-4-6-2-5(9)3-7(8)11-6/h2-3,10H,4H2,1H3. The summed E-state index contributed by atoms with van der Waals surface area (Å²) in [5.74, 6) is -0.352. The van der Waals surface area contributed by atoms with Crippen LogP contribution in [0.25, 0.3) is 0 Å². The molecule has 60 valence electrons. The van der Waals surface area contributed by atoms with E-state index < -0.39 is 0 Å². The Hall–Kier alpha value is -0.670. The van der Waals surface area contributed by atoms with Crippen LogP contribution < -0.4 is 5.32 Å². The number of hydrogen-bond donors (Lipinski definition) is 1. The Balaban J connectivity index is 2.89. The maximum absolute atomic E-state index is 12.6. The summed E-state index contributed by atoms with van der Waals surface area (Å²) in [5, 5.41) is 3.04. The van der Waals surface area contributed by atoms with Crippen LogP contribution in [0.4, 0.5) is 4.39 Å². The fourth-order valence-electron chi connectivity index (χ4n) is 0.788. The van der Waals surface area contributed by atoms with Crippen molar-refractivity contribution in [2.45, 2.75) is 6.54 Å². The van der Waals surface area contributed by atoms with Crippen molar-refractivity contribution in [3.05, 3.63) is 28.8 Å². The van der Waals surface area contributed by atoms with Crippen LogP contribution in [0.3, 0.4) is 0 Å². The summed E-state index contributed by atoms with van der Waals surface area (Å²) in [5.41, 5.74) is 0.609. The molecule has 0 unspecified atom stereocenters. The van der Waals surface area contributed by atoms with Crippen LogP contribution in [0.1, 0.15) is 5.69 Å². The number of pyridine rings is 1. The quantitative estimate of drug-likeness (QED) is 0.689. The summed E-state index contributed by atoms with van der Waals surface area (Å²) in [6.07, 6.45) is 0. The first-order valence-electron chi connectivity index (χ1n) is 3.19. The van der Waals surface area contributed by atoms with Gasteiger partial charge in [0, 0.05) is 12.6 Å². The highest BCUT2D eigenvalue weighted by molar-refractivity contribution is 6.29. The van der Waals surface area contributed by atoms with E-state index in [1.54, 1.807) is 7.05 Å². The Bertz CT molecular complexity index is 232. The third-order valence-electron chi connectivity index (χ3n) is 1.17. The van der Waals surface area contributed by atoms with Crippen LogP contribution >= 0.6 is 11.6 Å². The van der Waals surface area contributed by atoms with E-state index in [4.69, 9.17) is 11.6 Å². The predicted molar refractivity (Wildman–Crippen MR) is 42.0 cm³/mol. The largest absolute Gasteiger partial charge is 0.314 e. The summed E-state index contributed by atoms with van der Waals surface area (Å²) < 4.78 is 12.6.